The molecule has 25 heavy (non-hydrogen) atoms. The smallest absolute Gasteiger partial charge is 0.272 e. The highest BCUT2D eigenvalue weighted by Crippen LogP contribution is 2.29. The second-order valence-corrected chi connectivity index (χ2v) is 7.10. The standard InChI is InChI=1S/C17H14Cl2N4OS/c1-10-8-11(25-17-20-6-3-7-21-17)4-5-13(10)22-16(24)14-9-12(18)15(19)23(14)2/h3-9H,1-2H3,(H,22,24). The van der Waals surface area contributed by atoms with Crippen molar-refractivity contribution < 1.29 is 4.79 Å². The summed E-state index contributed by atoms with van der Waals surface area (Å²) in [4.78, 5) is 21.8. The highest BCUT2D eigenvalue weighted by molar-refractivity contribution is 7.99. The molecule has 5 nitrogen and oxygen atoms in total. The number of rotatable bonds is 4. The molecule has 128 valence electrons. The molecule has 0 unspecified atom stereocenters. The summed E-state index contributed by atoms with van der Waals surface area (Å²) in [6, 6.07) is 9.06. The monoisotopic (exact) mass is 392 g/mol. The zero-order valence-corrected chi connectivity index (χ0v) is 15.8. The number of hydrogen-bond donors (Lipinski definition) is 1. The molecule has 8 heteroatoms. The topological polar surface area (TPSA) is 59.8 Å². The molecule has 0 aliphatic heterocycles. The minimum absolute atomic E-state index is 0.272. The molecule has 0 saturated heterocycles. The maximum absolute atomic E-state index is 12.5. The van der Waals surface area contributed by atoms with E-state index in [2.05, 4.69) is 15.3 Å². The van der Waals surface area contributed by atoms with Crippen molar-refractivity contribution in [1.82, 2.24) is 14.5 Å². The van der Waals surface area contributed by atoms with E-state index in [1.165, 1.54) is 11.8 Å². The van der Waals surface area contributed by atoms with E-state index in [1.54, 1.807) is 36.1 Å². The maximum Gasteiger partial charge on any atom is 0.272 e. The van der Waals surface area contributed by atoms with Gasteiger partial charge >= 0.3 is 0 Å². The molecular weight excluding hydrogens is 379 g/mol. The second-order valence-electron chi connectivity index (χ2n) is 5.29. The molecule has 0 bridgehead atoms. The van der Waals surface area contributed by atoms with Crippen LogP contribution in [0.3, 0.4) is 0 Å². The fourth-order valence-electron chi connectivity index (χ4n) is 2.23. The van der Waals surface area contributed by atoms with Crippen molar-refractivity contribution in [3.05, 3.63) is 64.2 Å². The van der Waals surface area contributed by atoms with Crippen LogP contribution in [0.2, 0.25) is 10.2 Å². The predicted octanol–water partition coefficient (Wildman–Crippen LogP) is 4.83. The van der Waals surface area contributed by atoms with Gasteiger partial charge in [-0.2, -0.15) is 0 Å². The van der Waals surface area contributed by atoms with Gasteiger partial charge in [-0.3, -0.25) is 4.79 Å². The molecule has 2 heterocycles. The molecule has 0 spiro atoms. The van der Waals surface area contributed by atoms with Crippen LogP contribution in [-0.2, 0) is 7.05 Å². The summed E-state index contributed by atoms with van der Waals surface area (Å²) in [5.41, 5.74) is 2.04. The second kappa shape index (κ2) is 7.47. The molecule has 0 aliphatic rings. The number of aryl methyl sites for hydroxylation is 1. The van der Waals surface area contributed by atoms with Crippen LogP contribution in [0.5, 0.6) is 0 Å². The maximum atomic E-state index is 12.5. The molecule has 0 fully saturated rings. The molecule has 0 saturated carbocycles. The molecule has 1 amide bonds. The Morgan fingerprint density at radius 1 is 1.20 bits per heavy atom. The minimum Gasteiger partial charge on any atom is -0.329 e. The van der Waals surface area contributed by atoms with Crippen molar-refractivity contribution in [2.75, 3.05) is 5.32 Å². The van der Waals surface area contributed by atoms with Gasteiger partial charge in [0.05, 0.1) is 5.02 Å². The average Bonchev–Trinajstić information content (AvgIpc) is 2.86. The quantitative estimate of drug-likeness (QED) is 0.645. The predicted molar refractivity (Wildman–Crippen MR) is 101 cm³/mol. The van der Waals surface area contributed by atoms with Gasteiger partial charge in [0, 0.05) is 30.0 Å². The number of carbonyl (C=O) groups excluding carboxylic acids is 1. The van der Waals surface area contributed by atoms with Gasteiger partial charge in [0.25, 0.3) is 5.91 Å². The molecule has 3 aromatic rings. The van der Waals surface area contributed by atoms with E-state index in [4.69, 9.17) is 23.2 Å². The first-order chi connectivity index (χ1) is 12.0. The summed E-state index contributed by atoms with van der Waals surface area (Å²) in [6.45, 7) is 1.93. The van der Waals surface area contributed by atoms with Crippen LogP contribution in [-0.4, -0.2) is 20.4 Å². The number of halogens is 2. The number of anilines is 1. The van der Waals surface area contributed by atoms with Gasteiger partial charge in [-0.05, 0) is 54.6 Å². The van der Waals surface area contributed by atoms with Gasteiger partial charge in [-0.15, -0.1) is 0 Å². The van der Waals surface area contributed by atoms with Crippen molar-refractivity contribution in [3.8, 4) is 0 Å². The number of nitrogens with zero attached hydrogens (tertiary/aromatic N) is 3. The summed E-state index contributed by atoms with van der Waals surface area (Å²) in [7, 11) is 1.69. The van der Waals surface area contributed by atoms with Crippen molar-refractivity contribution in [2.24, 2.45) is 7.05 Å². The number of benzene rings is 1. The van der Waals surface area contributed by atoms with Crippen LogP contribution in [0.15, 0.2) is 52.8 Å². The Morgan fingerprint density at radius 2 is 1.92 bits per heavy atom. The van der Waals surface area contributed by atoms with Gasteiger partial charge in [0.15, 0.2) is 5.16 Å². The van der Waals surface area contributed by atoms with Crippen molar-refractivity contribution in [3.63, 3.8) is 0 Å². The molecule has 2 aromatic heterocycles. The van der Waals surface area contributed by atoms with Gasteiger partial charge in [0.1, 0.15) is 10.8 Å². The summed E-state index contributed by atoms with van der Waals surface area (Å²) in [6.07, 6.45) is 3.40. The van der Waals surface area contributed by atoms with Crippen LogP contribution in [0.25, 0.3) is 0 Å². The summed E-state index contributed by atoms with van der Waals surface area (Å²) in [5.74, 6) is -0.272. The van der Waals surface area contributed by atoms with Crippen LogP contribution in [0.1, 0.15) is 16.1 Å². The van der Waals surface area contributed by atoms with Gasteiger partial charge in [-0.25, -0.2) is 9.97 Å². The number of carbonyl (C=O) groups is 1. The number of amides is 1. The van der Waals surface area contributed by atoms with E-state index >= 15 is 0 Å². The Morgan fingerprint density at radius 3 is 2.52 bits per heavy atom. The van der Waals surface area contributed by atoms with Gasteiger partial charge in [-0.1, -0.05) is 23.2 Å². The Bertz CT molecular complexity index is 928. The fourth-order valence-corrected chi connectivity index (χ4v) is 3.42. The van der Waals surface area contributed by atoms with Crippen LogP contribution < -0.4 is 5.32 Å². The first kappa shape index (κ1) is 17.8. The molecule has 0 radical (unpaired) electrons. The Kier molecular flexibility index (Phi) is 5.32. The van der Waals surface area contributed by atoms with Crippen molar-refractivity contribution in [2.45, 2.75) is 17.0 Å². The minimum atomic E-state index is -0.272. The Balaban J connectivity index is 1.77. The molecular formula is C17H14Cl2N4OS. The zero-order valence-electron chi connectivity index (χ0n) is 13.5. The van der Waals surface area contributed by atoms with Crippen LogP contribution in [0, 0.1) is 6.92 Å². The average molecular weight is 393 g/mol. The lowest BCUT2D eigenvalue weighted by molar-refractivity contribution is 0.101. The van der Waals surface area contributed by atoms with Gasteiger partial charge < -0.3 is 9.88 Å². The van der Waals surface area contributed by atoms with E-state index < -0.39 is 0 Å². The Labute approximate surface area is 159 Å². The molecule has 3 rings (SSSR count). The molecule has 1 N–H and O–H groups in total. The number of nitrogens with one attached hydrogen (secondary N) is 1. The first-order valence-corrected chi connectivity index (χ1v) is 8.90. The normalized spacial score (nSPS) is 10.7. The molecule has 1 aromatic carbocycles. The highest BCUT2D eigenvalue weighted by atomic mass is 35.5. The lowest BCUT2D eigenvalue weighted by atomic mass is 10.2. The highest BCUT2D eigenvalue weighted by Gasteiger charge is 2.16. The van der Waals surface area contributed by atoms with Crippen LogP contribution in [0.4, 0.5) is 5.69 Å². The molecule has 0 aliphatic carbocycles. The molecule has 0 atom stereocenters. The summed E-state index contributed by atoms with van der Waals surface area (Å²) < 4.78 is 1.55. The van der Waals surface area contributed by atoms with E-state index in [0.29, 0.717) is 21.0 Å². The van der Waals surface area contributed by atoms with E-state index in [1.807, 2.05) is 25.1 Å². The van der Waals surface area contributed by atoms with Gasteiger partial charge in [0.2, 0.25) is 0 Å². The van der Waals surface area contributed by atoms with Crippen molar-refractivity contribution >= 4 is 46.6 Å². The third kappa shape index (κ3) is 3.98. The zero-order chi connectivity index (χ0) is 18.0. The van der Waals surface area contributed by atoms with E-state index in [9.17, 15) is 4.79 Å². The SMILES string of the molecule is Cc1cc(Sc2ncccn2)ccc1NC(=O)c1cc(Cl)c(Cl)n1C. The van der Waals surface area contributed by atoms with Crippen LogP contribution >= 0.6 is 35.0 Å². The summed E-state index contributed by atoms with van der Waals surface area (Å²) >= 11 is 13.4. The lowest BCUT2D eigenvalue weighted by Gasteiger charge is -2.10. The summed E-state index contributed by atoms with van der Waals surface area (Å²) in [5, 5.41) is 4.23. The third-order valence-electron chi connectivity index (χ3n) is 3.55. The third-order valence-corrected chi connectivity index (χ3v) is 5.27. The number of hydrogen-bond acceptors (Lipinski definition) is 4. The lowest BCUT2D eigenvalue weighted by Crippen LogP contribution is -2.16. The van der Waals surface area contributed by atoms with Crippen molar-refractivity contribution in [1.29, 1.82) is 0 Å². The Hall–Kier alpha value is -2.02. The number of aromatic nitrogens is 3. The van der Waals surface area contributed by atoms with E-state index in [0.717, 1.165) is 16.1 Å². The largest absolute Gasteiger partial charge is 0.329 e. The van der Waals surface area contributed by atoms with E-state index in [-0.39, 0.29) is 5.91 Å². The first-order valence-electron chi connectivity index (χ1n) is 7.33. The fraction of sp³-hybridized carbons (Fsp3) is 0.118.